The van der Waals surface area contributed by atoms with Crippen LogP contribution in [0.25, 0.3) is 0 Å². The standard InChI is InChI=1S/C13H24N2O3/c1-8(16)15-9(11(17)18)6-14-7-10-12(2,3)13(10,4)5/h9-10,14H,6-7H2,1-5H3,(H,15,16)(H,17,18). The summed E-state index contributed by atoms with van der Waals surface area (Å²) in [5.74, 6) is -0.792. The minimum absolute atomic E-state index is 0.261. The maximum atomic E-state index is 10.9. The highest BCUT2D eigenvalue weighted by Crippen LogP contribution is 2.67. The number of carbonyl (C=O) groups excluding carboxylic acids is 1. The molecule has 5 heteroatoms. The number of aliphatic carboxylic acids is 1. The van der Waals surface area contributed by atoms with E-state index in [9.17, 15) is 9.59 Å². The lowest BCUT2D eigenvalue weighted by Crippen LogP contribution is -2.47. The van der Waals surface area contributed by atoms with E-state index in [1.807, 2.05) is 0 Å². The molecule has 1 aliphatic rings. The highest BCUT2D eigenvalue weighted by Gasteiger charge is 2.63. The molecular weight excluding hydrogens is 232 g/mol. The second-order valence-electron chi connectivity index (χ2n) is 6.25. The Balaban J connectivity index is 2.37. The van der Waals surface area contributed by atoms with E-state index in [2.05, 4.69) is 38.3 Å². The zero-order valence-electron chi connectivity index (χ0n) is 11.8. The topological polar surface area (TPSA) is 78.4 Å². The average Bonchev–Trinajstić information content (AvgIpc) is 2.57. The quantitative estimate of drug-likeness (QED) is 0.658. The van der Waals surface area contributed by atoms with E-state index in [0.717, 1.165) is 6.54 Å². The Bertz CT molecular complexity index is 336. The highest BCUT2D eigenvalue weighted by atomic mass is 16.4. The minimum Gasteiger partial charge on any atom is -0.480 e. The van der Waals surface area contributed by atoms with Gasteiger partial charge in [-0.25, -0.2) is 4.79 Å². The largest absolute Gasteiger partial charge is 0.480 e. The van der Waals surface area contributed by atoms with Crippen molar-refractivity contribution in [2.75, 3.05) is 13.1 Å². The molecular formula is C13H24N2O3. The van der Waals surface area contributed by atoms with Crippen LogP contribution in [0.15, 0.2) is 0 Å². The minimum atomic E-state index is -1.01. The lowest BCUT2D eigenvalue weighted by molar-refractivity contribution is -0.141. The van der Waals surface area contributed by atoms with Crippen LogP contribution in [0.2, 0.25) is 0 Å². The van der Waals surface area contributed by atoms with Crippen molar-refractivity contribution in [1.82, 2.24) is 10.6 Å². The number of nitrogens with one attached hydrogen (secondary N) is 2. The molecule has 1 atom stereocenters. The molecule has 0 heterocycles. The molecule has 0 radical (unpaired) electrons. The molecule has 1 amide bonds. The maximum absolute atomic E-state index is 10.9. The van der Waals surface area contributed by atoms with E-state index in [4.69, 9.17) is 5.11 Å². The van der Waals surface area contributed by atoms with Gasteiger partial charge in [0, 0.05) is 13.5 Å². The van der Waals surface area contributed by atoms with Crippen LogP contribution < -0.4 is 10.6 Å². The van der Waals surface area contributed by atoms with Crippen LogP contribution >= 0.6 is 0 Å². The van der Waals surface area contributed by atoms with Gasteiger partial charge in [-0.05, 0) is 23.3 Å². The van der Waals surface area contributed by atoms with Crippen molar-refractivity contribution in [2.45, 2.75) is 40.7 Å². The molecule has 0 aromatic rings. The zero-order valence-corrected chi connectivity index (χ0v) is 11.8. The predicted molar refractivity (Wildman–Crippen MR) is 69.2 cm³/mol. The van der Waals surface area contributed by atoms with Gasteiger partial charge in [-0.3, -0.25) is 4.79 Å². The molecule has 0 saturated heterocycles. The number of hydrogen-bond acceptors (Lipinski definition) is 3. The van der Waals surface area contributed by atoms with Crippen molar-refractivity contribution in [1.29, 1.82) is 0 Å². The SMILES string of the molecule is CC(=O)NC(CNCC1C(C)(C)C1(C)C)C(=O)O. The van der Waals surface area contributed by atoms with Crippen LogP contribution in [0.4, 0.5) is 0 Å². The van der Waals surface area contributed by atoms with E-state index in [-0.39, 0.29) is 23.3 Å². The summed E-state index contributed by atoms with van der Waals surface area (Å²) in [5.41, 5.74) is 0.569. The van der Waals surface area contributed by atoms with Crippen molar-refractivity contribution in [3.05, 3.63) is 0 Å². The molecule has 0 spiro atoms. The molecule has 104 valence electrons. The first kappa shape index (κ1) is 15.0. The number of amides is 1. The summed E-state index contributed by atoms with van der Waals surface area (Å²) in [7, 11) is 0. The fourth-order valence-corrected chi connectivity index (χ4v) is 2.66. The van der Waals surface area contributed by atoms with Crippen molar-refractivity contribution >= 4 is 11.9 Å². The molecule has 5 nitrogen and oxygen atoms in total. The van der Waals surface area contributed by atoms with Gasteiger partial charge in [0.1, 0.15) is 6.04 Å². The first-order valence-electron chi connectivity index (χ1n) is 6.31. The van der Waals surface area contributed by atoms with Gasteiger partial charge >= 0.3 is 5.97 Å². The Labute approximate surface area is 108 Å². The van der Waals surface area contributed by atoms with E-state index >= 15 is 0 Å². The smallest absolute Gasteiger partial charge is 0.327 e. The second kappa shape index (κ2) is 4.88. The molecule has 0 aliphatic heterocycles. The predicted octanol–water partition coefficient (Wildman–Crippen LogP) is 0.847. The molecule has 0 aromatic heterocycles. The summed E-state index contributed by atoms with van der Waals surface area (Å²) < 4.78 is 0. The molecule has 1 fully saturated rings. The lowest BCUT2D eigenvalue weighted by Gasteiger charge is -2.14. The third-order valence-electron chi connectivity index (χ3n) is 4.69. The molecule has 0 aromatic carbocycles. The summed E-state index contributed by atoms with van der Waals surface area (Å²) in [6, 6.07) is -0.854. The van der Waals surface area contributed by atoms with E-state index < -0.39 is 12.0 Å². The Morgan fingerprint density at radius 3 is 2.06 bits per heavy atom. The molecule has 1 unspecified atom stereocenters. The summed E-state index contributed by atoms with van der Waals surface area (Å²) >= 11 is 0. The van der Waals surface area contributed by atoms with E-state index in [1.165, 1.54) is 6.92 Å². The first-order valence-corrected chi connectivity index (χ1v) is 6.31. The van der Waals surface area contributed by atoms with Crippen LogP contribution in [0.1, 0.15) is 34.6 Å². The second-order valence-corrected chi connectivity index (χ2v) is 6.25. The Morgan fingerprint density at radius 2 is 1.72 bits per heavy atom. The number of hydrogen-bond donors (Lipinski definition) is 3. The van der Waals surface area contributed by atoms with Gasteiger partial charge in [-0.2, -0.15) is 0 Å². The van der Waals surface area contributed by atoms with Gasteiger partial charge in [0.05, 0.1) is 0 Å². The van der Waals surface area contributed by atoms with Gasteiger partial charge < -0.3 is 15.7 Å². The number of rotatable bonds is 6. The monoisotopic (exact) mass is 256 g/mol. The van der Waals surface area contributed by atoms with Gasteiger partial charge in [-0.1, -0.05) is 27.7 Å². The number of carboxylic acids is 1. The molecule has 18 heavy (non-hydrogen) atoms. The third kappa shape index (κ3) is 2.83. The fraction of sp³-hybridized carbons (Fsp3) is 0.846. The van der Waals surface area contributed by atoms with Crippen molar-refractivity contribution < 1.29 is 14.7 Å². The fourth-order valence-electron chi connectivity index (χ4n) is 2.66. The van der Waals surface area contributed by atoms with Gasteiger partial charge in [0.15, 0.2) is 0 Å². The molecule has 1 rings (SSSR count). The van der Waals surface area contributed by atoms with E-state index in [0.29, 0.717) is 5.92 Å². The van der Waals surface area contributed by atoms with Crippen LogP contribution in [0.3, 0.4) is 0 Å². The van der Waals surface area contributed by atoms with Crippen molar-refractivity contribution in [3.63, 3.8) is 0 Å². The van der Waals surface area contributed by atoms with Crippen molar-refractivity contribution in [3.8, 4) is 0 Å². The van der Waals surface area contributed by atoms with Gasteiger partial charge in [-0.15, -0.1) is 0 Å². The highest BCUT2D eigenvalue weighted by molar-refractivity contribution is 5.82. The van der Waals surface area contributed by atoms with Crippen LogP contribution in [-0.2, 0) is 9.59 Å². The molecule has 0 bridgehead atoms. The number of carboxylic acid groups (broad SMARTS) is 1. The van der Waals surface area contributed by atoms with Crippen LogP contribution in [0, 0.1) is 16.7 Å². The maximum Gasteiger partial charge on any atom is 0.327 e. The Hall–Kier alpha value is -1.10. The van der Waals surface area contributed by atoms with Gasteiger partial charge in [0.2, 0.25) is 5.91 Å². The van der Waals surface area contributed by atoms with Crippen LogP contribution in [0.5, 0.6) is 0 Å². The Kier molecular flexibility index (Phi) is 4.05. The van der Waals surface area contributed by atoms with Crippen molar-refractivity contribution in [2.24, 2.45) is 16.7 Å². The normalized spacial score (nSPS) is 22.3. The van der Waals surface area contributed by atoms with Gasteiger partial charge in [0.25, 0.3) is 0 Å². The summed E-state index contributed by atoms with van der Waals surface area (Å²) in [4.78, 5) is 21.8. The Morgan fingerprint density at radius 1 is 1.22 bits per heavy atom. The van der Waals surface area contributed by atoms with Crippen LogP contribution in [-0.4, -0.2) is 36.1 Å². The molecule has 1 saturated carbocycles. The molecule has 3 N–H and O–H groups in total. The zero-order chi connectivity index (χ0) is 14.1. The van der Waals surface area contributed by atoms with E-state index in [1.54, 1.807) is 0 Å². The third-order valence-corrected chi connectivity index (χ3v) is 4.69. The summed E-state index contributed by atoms with van der Waals surface area (Å²) in [6.07, 6.45) is 0. The summed E-state index contributed by atoms with van der Waals surface area (Å²) in [5, 5.41) is 14.5. The summed E-state index contributed by atoms with van der Waals surface area (Å²) in [6.45, 7) is 11.3. The average molecular weight is 256 g/mol. The molecule has 1 aliphatic carbocycles. The lowest BCUT2D eigenvalue weighted by atomic mass is 10.0. The first-order chi connectivity index (χ1) is 8.10. The number of carbonyl (C=O) groups is 2.